The van der Waals surface area contributed by atoms with Gasteiger partial charge in [-0.25, -0.2) is 4.79 Å². The number of halogens is 2. The van der Waals surface area contributed by atoms with Gasteiger partial charge < -0.3 is 14.6 Å². The molecule has 1 saturated carbocycles. The molecule has 1 aromatic rings. The predicted octanol–water partition coefficient (Wildman–Crippen LogP) is 7.10. The lowest BCUT2D eigenvalue weighted by Gasteiger charge is -2.51. The molecule has 1 aliphatic carbocycles. The average molecular weight is 584 g/mol. The van der Waals surface area contributed by atoms with Crippen LogP contribution < -0.4 is 0 Å². The Bertz CT molecular complexity index is 944. The predicted molar refractivity (Wildman–Crippen MR) is 138 cm³/mol. The van der Waals surface area contributed by atoms with Crippen LogP contribution in [0.4, 0.5) is 0 Å². The minimum atomic E-state index is -0.599. The maximum atomic E-state index is 13.1. The largest absolute Gasteiger partial charge is 0.508 e. The molecule has 1 saturated heterocycles. The lowest BCUT2D eigenvalue weighted by molar-refractivity contribution is -0.214. The number of aromatic hydroxyl groups is 1. The fraction of sp³-hybridized carbons (Fsp3) is 0.667. The molecular formula is C27H36Br2O4. The molecule has 0 aromatic heterocycles. The second-order valence-electron chi connectivity index (χ2n) is 11.2. The van der Waals surface area contributed by atoms with Crippen molar-refractivity contribution in [2.75, 3.05) is 0 Å². The maximum absolute atomic E-state index is 13.1. The number of carbonyl (C=O) groups excluding carboxylic acids is 1. The van der Waals surface area contributed by atoms with Crippen molar-refractivity contribution in [1.29, 1.82) is 0 Å². The van der Waals surface area contributed by atoms with Gasteiger partial charge in [-0.3, -0.25) is 0 Å². The van der Waals surface area contributed by atoms with Crippen molar-refractivity contribution in [3.8, 4) is 5.75 Å². The first-order valence-electron chi connectivity index (χ1n) is 12.0. The minimum Gasteiger partial charge on any atom is -0.508 e. The molecule has 182 valence electrons. The summed E-state index contributed by atoms with van der Waals surface area (Å²) in [5.41, 5.74) is 1.49. The summed E-state index contributed by atoms with van der Waals surface area (Å²) in [7, 11) is 0. The molecule has 4 aliphatic rings. The van der Waals surface area contributed by atoms with Crippen LogP contribution in [0.25, 0.3) is 0 Å². The summed E-state index contributed by atoms with van der Waals surface area (Å²) in [6.45, 7) is 13.0. The zero-order valence-corrected chi connectivity index (χ0v) is 23.3. The topological polar surface area (TPSA) is 55.8 Å². The third-order valence-electron chi connectivity index (χ3n) is 8.49. The van der Waals surface area contributed by atoms with Gasteiger partial charge in [0.15, 0.2) is 0 Å². The first-order valence-corrected chi connectivity index (χ1v) is 13.9. The van der Waals surface area contributed by atoms with Crippen LogP contribution in [-0.2, 0) is 15.9 Å². The Hall–Kier alpha value is -0.850. The molecule has 1 unspecified atom stereocenters. The van der Waals surface area contributed by atoms with Crippen LogP contribution in [-0.4, -0.2) is 38.0 Å². The SMILES string of the molecule is C=C1CC[C@H](Br)[C@@]2(C)CC[C@@H](Br)[C@@]3(C)CCC(OC(=O)c4ccc(O)c(c4)C[C@H]12)C(C)(C)O3. The van der Waals surface area contributed by atoms with Crippen molar-refractivity contribution in [3.05, 3.63) is 41.5 Å². The molecule has 1 N–H and O–H groups in total. The highest BCUT2D eigenvalue weighted by Gasteiger charge is 2.50. The highest BCUT2D eigenvalue weighted by Crippen LogP contribution is 2.53. The Labute approximate surface area is 214 Å². The second-order valence-corrected chi connectivity index (χ2v) is 13.4. The number of ether oxygens (including phenoxy) is 2. The first kappa shape index (κ1) is 25.2. The number of hydrogen-bond donors (Lipinski definition) is 1. The van der Waals surface area contributed by atoms with Crippen LogP contribution in [0.2, 0.25) is 0 Å². The lowest BCUT2D eigenvalue weighted by Crippen LogP contribution is -2.56. The number of phenolic OH excluding ortho intramolecular Hbond substituents is 1. The van der Waals surface area contributed by atoms with E-state index >= 15 is 0 Å². The molecule has 2 fully saturated rings. The van der Waals surface area contributed by atoms with E-state index in [0.717, 1.165) is 44.1 Å². The summed E-state index contributed by atoms with van der Waals surface area (Å²) in [5, 5.41) is 10.7. The van der Waals surface area contributed by atoms with E-state index in [0.29, 0.717) is 16.8 Å². The molecule has 0 spiro atoms. The van der Waals surface area contributed by atoms with Crippen molar-refractivity contribution in [3.63, 3.8) is 0 Å². The average Bonchev–Trinajstić information content (AvgIpc) is 2.74. The van der Waals surface area contributed by atoms with E-state index in [1.165, 1.54) is 5.57 Å². The second kappa shape index (κ2) is 8.98. The van der Waals surface area contributed by atoms with Gasteiger partial charge in [-0.15, -0.1) is 0 Å². The van der Waals surface area contributed by atoms with Gasteiger partial charge in [-0.2, -0.15) is 0 Å². The molecule has 1 aromatic carbocycles. The molecule has 6 atom stereocenters. The standard InChI is InChI=1S/C27H36Br2O4/c1-16-6-9-21(28)26(4)12-10-22(29)27(5)13-11-23(25(2,3)33-27)32-24(31)17-7-8-20(30)18(14-17)15-19(16)26/h7-8,14,19,21-23,30H,1,6,9-13,15H2,2-5H3/t19-,21+,22-,23?,26+,27-/m1/s1. The Balaban J connectivity index is 1.79. The lowest BCUT2D eigenvalue weighted by atomic mass is 9.61. The van der Waals surface area contributed by atoms with Crippen LogP contribution in [0.5, 0.6) is 5.75 Å². The van der Waals surface area contributed by atoms with Crippen molar-refractivity contribution in [2.24, 2.45) is 11.3 Å². The number of allylic oxidation sites excluding steroid dienone is 1. The highest BCUT2D eigenvalue weighted by molar-refractivity contribution is 9.09. The van der Waals surface area contributed by atoms with E-state index in [1.54, 1.807) is 18.2 Å². The van der Waals surface area contributed by atoms with E-state index in [2.05, 4.69) is 52.3 Å². The number of fused-ring (bicyclic) bond motifs is 5. The van der Waals surface area contributed by atoms with Crippen molar-refractivity contribution >= 4 is 37.8 Å². The molecule has 5 rings (SSSR count). The maximum Gasteiger partial charge on any atom is 0.338 e. The van der Waals surface area contributed by atoms with Crippen molar-refractivity contribution < 1.29 is 19.4 Å². The van der Waals surface area contributed by atoms with Gasteiger partial charge in [-0.1, -0.05) is 50.9 Å². The van der Waals surface area contributed by atoms with Gasteiger partial charge in [0.1, 0.15) is 17.5 Å². The van der Waals surface area contributed by atoms with Gasteiger partial charge in [0.25, 0.3) is 0 Å². The summed E-state index contributed by atoms with van der Waals surface area (Å²) < 4.78 is 12.6. The molecule has 0 radical (unpaired) electrons. The summed E-state index contributed by atoms with van der Waals surface area (Å²) in [4.78, 5) is 13.6. The first-order chi connectivity index (χ1) is 15.4. The zero-order valence-electron chi connectivity index (χ0n) is 20.1. The van der Waals surface area contributed by atoms with E-state index in [9.17, 15) is 9.90 Å². The van der Waals surface area contributed by atoms with E-state index in [-0.39, 0.29) is 39.6 Å². The molecule has 3 aliphatic heterocycles. The quantitative estimate of drug-likeness (QED) is 0.201. The third-order valence-corrected chi connectivity index (χ3v) is 11.4. The smallest absolute Gasteiger partial charge is 0.338 e. The Morgan fingerprint density at radius 1 is 1.06 bits per heavy atom. The van der Waals surface area contributed by atoms with Gasteiger partial charge >= 0.3 is 5.97 Å². The van der Waals surface area contributed by atoms with Crippen LogP contribution in [0.3, 0.4) is 0 Å². The van der Waals surface area contributed by atoms with Crippen molar-refractivity contribution in [2.45, 2.75) is 99.6 Å². The van der Waals surface area contributed by atoms with Crippen LogP contribution in [0.15, 0.2) is 30.4 Å². The molecule has 3 heterocycles. The normalized spacial score (nSPS) is 39.2. The Morgan fingerprint density at radius 2 is 1.79 bits per heavy atom. The summed E-state index contributed by atoms with van der Waals surface area (Å²) in [5.74, 6) is 0.0488. The fourth-order valence-corrected chi connectivity index (χ4v) is 7.48. The molecular weight excluding hydrogens is 548 g/mol. The molecule has 0 amide bonds. The number of alkyl halides is 2. The summed E-state index contributed by atoms with van der Waals surface area (Å²) in [6.07, 6.45) is 5.88. The number of benzene rings is 1. The monoisotopic (exact) mass is 582 g/mol. The van der Waals surface area contributed by atoms with Crippen LogP contribution >= 0.6 is 31.9 Å². The van der Waals surface area contributed by atoms with E-state index < -0.39 is 5.60 Å². The number of rotatable bonds is 0. The molecule has 6 heteroatoms. The molecule has 4 bridgehead atoms. The number of carbonyl (C=O) groups is 1. The third kappa shape index (κ3) is 4.69. The number of esters is 1. The van der Waals surface area contributed by atoms with Crippen LogP contribution in [0, 0.1) is 11.3 Å². The van der Waals surface area contributed by atoms with Crippen molar-refractivity contribution in [1.82, 2.24) is 0 Å². The van der Waals surface area contributed by atoms with Gasteiger partial charge in [0, 0.05) is 9.65 Å². The molecule has 33 heavy (non-hydrogen) atoms. The minimum absolute atomic E-state index is 0.0342. The zero-order chi connectivity index (χ0) is 24.2. The van der Waals surface area contributed by atoms with E-state index in [4.69, 9.17) is 9.47 Å². The summed E-state index contributed by atoms with van der Waals surface area (Å²) >= 11 is 8.00. The Morgan fingerprint density at radius 3 is 2.48 bits per heavy atom. The molecule has 4 nitrogen and oxygen atoms in total. The highest BCUT2D eigenvalue weighted by atomic mass is 79.9. The van der Waals surface area contributed by atoms with Crippen LogP contribution in [0.1, 0.15) is 82.1 Å². The summed E-state index contributed by atoms with van der Waals surface area (Å²) in [6, 6.07) is 5.07. The van der Waals surface area contributed by atoms with E-state index in [1.807, 2.05) is 13.8 Å². The number of phenols is 1. The Kier molecular flexibility index (Phi) is 6.87. The number of hydrogen-bond acceptors (Lipinski definition) is 4. The van der Waals surface area contributed by atoms with Gasteiger partial charge in [0.05, 0.1) is 11.2 Å². The fourth-order valence-electron chi connectivity index (χ4n) is 6.15. The van der Waals surface area contributed by atoms with Gasteiger partial charge in [-0.05, 0) is 101 Å². The van der Waals surface area contributed by atoms with Gasteiger partial charge in [0.2, 0.25) is 0 Å².